The Bertz CT molecular complexity index is 1680. The second-order valence-electron chi connectivity index (χ2n) is 19.7. The number of amides is 1. The number of allylic oxidation sites excluding steroid dienone is 23. The number of hydrogen-bond donors (Lipinski definition) is 6. The van der Waals surface area contributed by atoms with Crippen molar-refractivity contribution in [1.82, 2.24) is 5.32 Å². The largest absolute Gasteiger partial charge is 0.394 e. The van der Waals surface area contributed by atoms with Crippen molar-refractivity contribution in [2.24, 2.45) is 0 Å². The molecule has 1 aliphatic heterocycles. The van der Waals surface area contributed by atoms with Gasteiger partial charge in [-0.15, -0.1) is 0 Å². The van der Waals surface area contributed by atoms with Crippen LogP contribution in [-0.2, 0) is 14.3 Å². The first-order chi connectivity index (χ1) is 36.8. The molecule has 1 saturated heterocycles. The summed E-state index contributed by atoms with van der Waals surface area (Å²) in [6.07, 6.45) is 76.2. The predicted molar refractivity (Wildman–Crippen MR) is 317 cm³/mol. The molecule has 0 spiro atoms. The van der Waals surface area contributed by atoms with Crippen LogP contribution in [0.5, 0.6) is 0 Å². The molecule has 0 saturated carbocycles. The average molecular weight is 1040 g/mol. The van der Waals surface area contributed by atoms with Crippen LogP contribution in [0.25, 0.3) is 0 Å². The summed E-state index contributed by atoms with van der Waals surface area (Å²) < 4.78 is 11.2. The molecule has 0 aromatic heterocycles. The number of rotatable bonds is 48. The van der Waals surface area contributed by atoms with E-state index in [2.05, 4.69) is 153 Å². The van der Waals surface area contributed by atoms with Crippen molar-refractivity contribution in [3.8, 4) is 0 Å². The third kappa shape index (κ3) is 42.8. The zero-order valence-corrected chi connectivity index (χ0v) is 47.0. The molecule has 1 rings (SSSR count). The molecule has 1 aliphatic rings. The zero-order valence-electron chi connectivity index (χ0n) is 47.0. The van der Waals surface area contributed by atoms with E-state index in [1.54, 1.807) is 6.08 Å². The molecule has 1 fully saturated rings. The normalized spacial score (nSPS) is 20.0. The Hall–Kier alpha value is -3.93. The maximum absolute atomic E-state index is 13.1. The highest BCUT2D eigenvalue weighted by Gasteiger charge is 2.44. The smallest absolute Gasteiger partial charge is 0.220 e. The van der Waals surface area contributed by atoms with Crippen LogP contribution in [0.4, 0.5) is 0 Å². The SMILES string of the molecule is CC/C=C\C/C=C\C/C=C\C/C=C\C/C=C\C/C=C\C/C=C\C/C=C\C/C=C\CCCCCC(=O)NC(COC1OC(CO)C(O)C(O)C1O)C(O)/C=C/CC/C=C/CC/C=C/CCCCCCCCCCCCC. The van der Waals surface area contributed by atoms with Crippen molar-refractivity contribution in [3.05, 3.63) is 146 Å². The molecule has 9 nitrogen and oxygen atoms in total. The molecular weight excluding hydrogens is 935 g/mol. The van der Waals surface area contributed by atoms with E-state index in [0.717, 1.165) is 103 Å². The quantitative estimate of drug-likeness (QED) is 0.0261. The number of aliphatic hydroxyl groups is 5. The van der Waals surface area contributed by atoms with E-state index in [1.165, 1.54) is 70.6 Å². The number of nitrogens with one attached hydrogen (secondary N) is 1. The van der Waals surface area contributed by atoms with Crippen LogP contribution in [-0.4, -0.2) is 87.5 Å². The molecule has 0 aliphatic carbocycles. The highest BCUT2D eigenvalue weighted by atomic mass is 16.7. The Kier molecular flexibility index (Phi) is 49.2. The van der Waals surface area contributed by atoms with Gasteiger partial charge >= 0.3 is 0 Å². The van der Waals surface area contributed by atoms with Gasteiger partial charge in [-0.3, -0.25) is 4.79 Å². The number of carbonyl (C=O) groups is 1. The van der Waals surface area contributed by atoms with E-state index < -0.39 is 49.5 Å². The molecule has 1 amide bonds. The number of unbranched alkanes of at least 4 members (excludes halogenated alkanes) is 16. The fraction of sp³-hybridized carbons (Fsp3) is 0.621. The molecule has 0 aromatic rings. The Balaban J connectivity index is 2.31. The standard InChI is InChI=1S/C66H107NO8/c1-3-5-7-9-11-13-15-17-19-21-23-25-26-27-28-29-30-31-32-33-34-36-38-40-42-44-46-48-50-52-54-56-62(70)67-59(58-74-66-65(73)64(72)63(71)61(57-68)75-66)60(69)55-53-51-49-47-45-43-41-39-37-35-24-22-20-18-16-14-12-10-8-6-4-2/h5,7,11,13,17,19,23,25,27-28,30-31,33-34,37-40,44-47,53,55,59-61,63-66,68-69,71-73H,3-4,6,8-10,12,14-16,18,20-22,24,26,29,32,35-36,41-43,48-52,54,56-58H2,1-2H3,(H,67,70)/b7-5-,13-11-,19-17-,25-23-,28-27-,31-30-,34-33-,39-37+,40-38-,46-44-,47-45+,55-53+. The summed E-state index contributed by atoms with van der Waals surface area (Å²) >= 11 is 0. The molecule has 0 aromatic carbocycles. The Morgan fingerprint density at radius 3 is 1.28 bits per heavy atom. The van der Waals surface area contributed by atoms with Crippen LogP contribution < -0.4 is 5.32 Å². The topological polar surface area (TPSA) is 149 Å². The lowest BCUT2D eigenvalue weighted by molar-refractivity contribution is -0.302. The van der Waals surface area contributed by atoms with Crippen molar-refractivity contribution < 1.29 is 39.8 Å². The van der Waals surface area contributed by atoms with Crippen molar-refractivity contribution in [1.29, 1.82) is 0 Å². The van der Waals surface area contributed by atoms with Gasteiger partial charge in [-0.1, -0.05) is 230 Å². The first-order valence-corrected chi connectivity index (χ1v) is 29.6. The summed E-state index contributed by atoms with van der Waals surface area (Å²) in [5, 5.41) is 54.5. The fourth-order valence-corrected chi connectivity index (χ4v) is 8.24. The second-order valence-corrected chi connectivity index (χ2v) is 19.7. The van der Waals surface area contributed by atoms with Gasteiger partial charge < -0.3 is 40.3 Å². The minimum absolute atomic E-state index is 0.229. The van der Waals surface area contributed by atoms with Gasteiger partial charge in [0.2, 0.25) is 5.91 Å². The highest BCUT2D eigenvalue weighted by Crippen LogP contribution is 2.22. The summed E-state index contributed by atoms with van der Waals surface area (Å²) in [5.41, 5.74) is 0. The number of carbonyl (C=O) groups excluding carboxylic acids is 1. The van der Waals surface area contributed by atoms with Gasteiger partial charge in [0.05, 0.1) is 25.4 Å². The predicted octanol–water partition coefficient (Wildman–Crippen LogP) is 15.1. The molecule has 424 valence electrons. The van der Waals surface area contributed by atoms with E-state index in [-0.39, 0.29) is 18.9 Å². The van der Waals surface area contributed by atoms with Gasteiger partial charge in [0.1, 0.15) is 24.4 Å². The van der Waals surface area contributed by atoms with E-state index >= 15 is 0 Å². The summed E-state index contributed by atoms with van der Waals surface area (Å²) in [7, 11) is 0. The molecular formula is C66H107NO8. The minimum atomic E-state index is -1.59. The fourth-order valence-electron chi connectivity index (χ4n) is 8.24. The molecule has 75 heavy (non-hydrogen) atoms. The third-order valence-corrected chi connectivity index (χ3v) is 12.9. The van der Waals surface area contributed by atoms with E-state index in [0.29, 0.717) is 12.8 Å². The average Bonchev–Trinajstić information content (AvgIpc) is 3.41. The lowest BCUT2D eigenvalue weighted by Gasteiger charge is -2.40. The van der Waals surface area contributed by atoms with Crippen LogP contribution in [0, 0.1) is 0 Å². The Labute approximate surface area is 457 Å². The van der Waals surface area contributed by atoms with Gasteiger partial charge in [-0.25, -0.2) is 0 Å². The molecule has 7 unspecified atom stereocenters. The maximum Gasteiger partial charge on any atom is 0.220 e. The molecule has 0 radical (unpaired) electrons. The van der Waals surface area contributed by atoms with Gasteiger partial charge in [0, 0.05) is 6.42 Å². The highest BCUT2D eigenvalue weighted by molar-refractivity contribution is 5.76. The zero-order chi connectivity index (χ0) is 54.3. The van der Waals surface area contributed by atoms with Crippen LogP contribution in [0.3, 0.4) is 0 Å². The lowest BCUT2D eigenvalue weighted by Crippen LogP contribution is -2.60. The summed E-state index contributed by atoms with van der Waals surface area (Å²) in [6.45, 7) is 3.61. The van der Waals surface area contributed by atoms with E-state index in [1.807, 2.05) is 6.08 Å². The molecule has 0 bridgehead atoms. The third-order valence-electron chi connectivity index (χ3n) is 12.9. The van der Waals surface area contributed by atoms with Crippen LogP contribution in [0.1, 0.15) is 206 Å². The first kappa shape index (κ1) is 69.1. The number of hydrogen-bond acceptors (Lipinski definition) is 8. The van der Waals surface area contributed by atoms with Crippen molar-refractivity contribution in [2.75, 3.05) is 13.2 Å². The second kappa shape index (κ2) is 53.5. The Morgan fingerprint density at radius 2 is 0.840 bits per heavy atom. The number of aliphatic hydroxyl groups excluding tert-OH is 5. The van der Waals surface area contributed by atoms with E-state index in [9.17, 15) is 30.3 Å². The van der Waals surface area contributed by atoms with Crippen molar-refractivity contribution >= 4 is 5.91 Å². The minimum Gasteiger partial charge on any atom is -0.394 e. The summed E-state index contributed by atoms with van der Waals surface area (Å²) in [5.74, 6) is -0.229. The van der Waals surface area contributed by atoms with Gasteiger partial charge in [-0.2, -0.15) is 0 Å². The Morgan fingerprint density at radius 1 is 0.467 bits per heavy atom. The maximum atomic E-state index is 13.1. The van der Waals surface area contributed by atoms with Crippen LogP contribution >= 0.6 is 0 Å². The summed E-state index contributed by atoms with van der Waals surface area (Å²) in [6, 6.07) is -0.859. The molecule has 1 heterocycles. The van der Waals surface area contributed by atoms with Crippen molar-refractivity contribution in [2.45, 2.75) is 249 Å². The van der Waals surface area contributed by atoms with Crippen LogP contribution in [0.2, 0.25) is 0 Å². The first-order valence-electron chi connectivity index (χ1n) is 29.6. The molecule has 7 atom stereocenters. The van der Waals surface area contributed by atoms with Gasteiger partial charge in [0.25, 0.3) is 0 Å². The summed E-state index contributed by atoms with van der Waals surface area (Å²) in [4.78, 5) is 13.1. The van der Waals surface area contributed by atoms with Gasteiger partial charge in [0.15, 0.2) is 6.29 Å². The monoisotopic (exact) mass is 1040 g/mol. The van der Waals surface area contributed by atoms with E-state index in [4.69, 9.17) is 9.47 Å². The molecule has 9 heteroatoms. The van der Waals surface area contributed by atoms with Crippen molar-refractivity contribution in [3.63, 3.8) is 0 Å². The number of ether oxygens (including phenoxy) is 2. The lowest BCUT2D eigenvalue weighted by atomic mass is 9.99. The molecule has 6 N–H and O–H groups in total. The van der Waals surface area contributed by atoms with Gasteiger partial charge in [-0.05, 0) is 116 Å². The van der Waals surface area contributed by atoms with Crippen LogP contribution in [0.15, 0.2) is 146 Å².